The summed E-state index contributed by atoms with van der Waals surface area (Å²) in [6.07, 6.45) is -0.948. The van der Waals surface area contributed by atoms with Crippen molar-refractivity contribution < 1.29 is 32.7 Å². The summed E-state index contributed by atoms with van der Waals surface area (Å²) in [4.78, 5) is -0.278. The number of rotatable bonds is 10. The zero-order chi connectivity index (χ0) is 24.6. The second kappa shape index (κ2) is 11.4. The van der Waals surface area contributed by atoms with Gasteiger partial charge in [0.05, 0.1) is 35.7 Å². The number of aliphatic hydroxyl groups excluding tert-OH is 2. The van der Waals surface area contributed by atoms with Gasteiger partial charge in [-0.2, -0.15) is 23.8 Å². The van der Waals surface area contributed by atoms with E-state index in [-0.39, 0.29) is 23.8 Å². The molecule has 12 heteroatoms. The van der Waals surface area contributed by atoms with Crippen LogP contribution in [-0.4, -0.2) is 49.6 Å². The van der Waals surface area contributed by atoms with Crippen LogP contribution in [0.5, 0.6) is 11.5 Å². The molecule has 34 heavy (non-hydrogen) atoms. The van der Waals surface area contributed by atoms with Crippen molar-refractivity contribution in [3.05, 3.63) is 66.7 Å². The minimum absolute atomic E-state index is 0.0236. The highest BCUT2D eigenvalue weighted by Gasteiger charge is 2.09. The second-order valence-corrected chi connectivity index (χ2v) is 8.29. The maximum absolute atomic E-state index is 11.2. The largest absolute Gasteiger partial charge is 0.494 e. The van der Waals surface area contributed by atoms with Crippen molar-refractivity contribution in [2.24, 2.45) is 20.5 Å². The number of azo groups is 2. The van der Waals surface area contributed by atoms with Crippen molar-refractivity contribution in [1.29, 1.82) is 0 Å². The van der Waals surface area contributed by atoms with Gasteiger partial charge in [-0.1, -0.05) is 6.07 Å². The van der Waals surface area contributed by atoms with E-state index in [1.165, 1.54) is 25.3 Å². The first-order valence-corrected chi connectivity index (χ1v) is 11.3. The van der Waals surface area contributed by atoms with Gasteiger partial charge in [-0.15, -0.1) is 5.11 Å². The van der Waals surface area contributed by atoms with E-state index in [2.05, 4.69) is 20.5 Å². The molecule has 0 aliphatic heterocycles. The van der Waals surface area contributed by atoms with Crippen LogP contribution in [0.2, 0.25) is 0 Å². The van der Waals surface area contributed by atoms with Gasteiger partial charge in [0.15, 0.2) is 0 Å². The van der Waals surface area contributed by atoms with Crippen molar-refractivity contribution in [2.45, 2.75) is 11.0 Å². The quantitative estimate of drug-likeness (QED) is 0.280. The van der Waals surface area contributed by atoms with Gasteiger partial charge in [0.25, 0.3) is 10.1 Å². The third-order valence-electron chi connectivity index (χ3n) is 4.32. The molecule has 3 rings (SSSR count). The highest BCUT2D eigenvalue weighted by Crippen LogP contribution is 2.34. The zero-order valence-electron chi connectivity index (χ0n) is 18.0. The molecule has 0 saturated heterocycles. The first-order valence-electron chi connectivity index (χ1n) is 9.89. The summed E-state index contributed by atoms with van der Waals surface area (Å²) in [6, 6.07) is 17.0. The Morgan fingerprint density at radius 3 is 2.18 bits per heavy atom. The predicted molar refractivity (Wildman–Crippen MR) is 123 cm³/mol. The van der Waals surface area contributed by atoms with Crippen molar-refractivity contribution in [3.8, 4) is 11.5 Å². The molecule has 0 aliphatic rings. The van der Waals surface area contributed by atoms with Crippen molar-refractivity contribution in [3.63, 3.8) is 0 Å². The minimum atomic E-state index is -4.33. The number of aliphatic hydroxyl groups is 2. The highest BCUT2D eigenvalue weighted by molar-refractivity contribution is 7.85. The van der Waals surface area contributed by atoms with E-state index in [0.717, 1.165) is 0 Å². The Balaban J connectivity index is 1.70. The molecule has 0 radical (unpaired) electrons. The number of hydrogen-bond acceptors (Lipinski definition) is 10. The number of ether oxygens (including phenoxy) is 2. The van der Waals surface area contributed by atoms with E-state index >= 15 is 0 Å². The molecule has 0 aromatic heterocycles. The SMILES string of the molecule is COc1cc(N=Nc2cccc(S(=O)(=O)O)c2)ccc1N=Nc1ccc(OCC(O)CO)cc1. The Labute approximate surface area is 195 Å². The van der Waals surface area contributed by atoms with Crippen LogP contribution in [-0.2, 0) is 10.1 Å². The molecule has 0 spiro atoms. The topological polar surface area (TPSA) is 163 Å². The van der Waals surface area contributed by atoms with Crippen LogP contribution < -0.4 is 9.47 Å². The maximum Gasteiger partial charge on any atom is 0.294 e. The molecule has 178 valence electrons. The summed E-state index contributed by atoms with van der Waals surface area (Å²) in [6.45, 7) is -0.403. The fourth-order valence-corrected chi connectivity index (χ4v) is 3.12. The van der Waals surface area contributed by atoms with Gasteiger partial charge in [-0.25, -0.2) is 0 Å². The van der Waals surface area contributed by atoms with E-state index in [0.29, 0.717) is 28.6 Å². The van der Waals surface area contributed by atoms with E-state index in [1.807, 2.05) is 0 Å². The number of methoxy groups -OCH3 is 1. The molecule has 0 bridgehead atoms. The molecule has 0 amide bonds. The number of benzene rings is 3. The fraction of sp³-hybridized carbons (Fsp3) is 0.182. The van der Waals surface area contributed by atoms with Crippen LogP contribution in [0.3, 0.4) is 0 Å². The van der Waals surface area contributed by atoms with Crippen molar-refractivity contribution in [1.82, 2.24) is 0 Å². The lowest BCUT2D eigenvalue weighted by atomic mass is 10.2. The van der Waals surface area contributed by atoms with Crippen LogP contribution in [0.15, 0.2) is 92.1 Å². The summed E-state index contributed by atoms with van der Waals surface area (Å²) in [5.41, 5.74) is 1.68. The summed E-state index contributed by atoms with van der Waals surface area (Å²) in [5, 5.41) is 34.5. The van der Waals surface area contributed by atoms with E-state index < -0.39 is 16.2 Å². The highest BCUT2D eigenvalue weighted by atomic mass is 32.2. The predicted octanol–water partition coefficient (Wildman–Crippen LogP) is 4.50. The van der Waals surface area contributed by atoms with E-state index in [1.54, 1.807) is 48.5 Å². The summed E-state index contributed by atoms with van der Waals surface area (Å²) in [5.74, 6) is 0.908. The van der Waals surface area contributed by atoms with Crippen LogP contribution >= 0.6 is 0 Å². The Bertz CT molecular complexity index is 1280. The standard InChI is InChI=1S/C22H22N4O7S/c1-32-22-12-17(25-24-16-3-2-4-20(11-16)34(29,30)31)7-10-21(22)26-23-15-5-8-19(9-6-15)33-14-18(28)13-27/h2-12,18,27-28H,13-14H2,1H3,(H,29,30,31). The van der Waals surface area contributed by atoms with Gasteiger partial charge in [0.1, 0.15) is 29.9 Å². The van der Waals surface area contributed by atoms with Gasteiger partial charge < -0.3 is 19.7 Å². The van der Waals surface area contributed by atoms with Crippen LogP contribution in [0.4, 0.5) is 22.7 Å². The van der Waals surface area contributed by atoms with Crippen LogP contribution in [0.1, 0.15) is 0 Å². The van der Waals surface area contributed by atoms with E-state index in [4.69, 9.17) is 19.1 Å². The van der Waals surface area contributed by atoms with Gasteiger partial charge in [0.2, 0.25) is 0 Å². The molecule has 0 fully saturated rings. The van der Waals surface area contributed by atoms with Gasteiger partial charge in [-0.3, -0.25) is 4.55 Å². The Morgan fingerprint density at radius 1 is 0.882 bits per heavy atom. The minimum Gasteiger partial charge on any atom is -0.494 e. The second-order valence-electron chi connectivity index (χ2n) is 6.87. The molecule has 1 unspecified atom stereocenters. The van der Waals surface area contributed by atoms with Gasteiger partial charge in [-0.05, 0) is 54.6 Å². The lowest BCUT2D eigenvalue weighted by Crippen LogP contribution is -2.21. The van der Waals surface area contributed by atoms with Gasteiger partial charge in [0, 0.05) is 6.07 Å². The molecule has 0 aliphatic carbocycles. The Morgan fingerprint density at radius 2 is 1.53 bits per heavy atom. The Hall–Kier alpha value is -3.71. The summed E-state index contributed by atoms with van der Waals surface area (Å²) >= 11 is 0. The molecule has 3 N–H and O–H groups in total. The first-order chi connectivity index (χ1) is 16.3. The van der Waals surface area contributed by atoms with E-state index in [9.17, 15) is 13.5 Å². The fourth-order valence-electron chi connectivity index (χ4n) is 2.60. The maximum atomic E-state index is 11.2. The average Bonchev–Trinajstić information content (AvgIpc) is 2.85. The molecular formula is C22H22N4O7S. The Kier molecular flexibility index (Phi) is 8.38. The molecule has 3 aromatic rings. The number of hydrogen-bond donors (Lipinski definition) is 3. The summed E-state index contributed by atoms with van der Waals surface area (Å²) < 4.78 is 42.3. The lowest BCUT2D eigenvalue weighted by Gasteiger charge is -2.09. The lowest BCUT2D eigenvalue weighted by molar-refractivity contribution is 0.0536. The molecule has 0 heterocycles. The molecule has 11 nitrogen and oxygen atoms in total. The first kappa shape index (κ1) is 24.9. The zero-order valence-corrected chi connectivity index (χ0v) is 18.8. The van der Waals surface area contributed by atoms with Crippen molar-refractivity contribution in [2.75, 3.05) is 20.3 Å². The third-order valence-corrected chi connectivity index (χ3v) is 5.17. The molecule has 1 atom stereocenters. The third kappa shape index (κ3) is 7.15. The van der Waals surface area contributed by atoms with Crippen LogP contribution in [0.25, 0.3) is 0 Å². The van der Waals surface area contributed by atoms with Crippen molar-refractivity contribution >= 4 is 32.9 Å². The smallest absolute Gasteiger partial charge is 0.294 e. The average molecular weight is 487 g/mol. The number of nitrogens with zero attached hydrogens (tertiary/aromatic N) is 4. The van der Waals surface area contributed by atoms with Crippen LogP contribution in [0, 0.1) is 0 Å². The molecule has 3 aromatic carbocycles. The molecule has 0 saturated carbocycles. The molecular weight excluding hydrogens is 464 g/mol. The normalized spacial score (nSPS) is 12.8. The van der Waals surface area contributed by atoms with Gasteiger partial charge >= 0.3 is 0 Å². The monoisotopic (exact) mass is 486 g/mol. The summed E-state index contributed by atoms with van der Waals surface area (Å²) in [7, 11) is -2.86.